The molecule has 1 aromatic carbocycles. The van der Waals surface area contributed by atoms with Gasteiger partial charge in [0.25, 0.3) is 5.78 Å². The lowest BCUT2D eigenvalue weighted by molar-refractivity contribution is -0.127. The topological polar surface area (TPSA) is 63.4 Å². The molecular weight excluding hydrogens is 358 g/mol. The van der Waals surface area contributed by atoms with Crippen molar-refractivity contribution >= 4 is 29.0 Å². The van der Waals surface area contributed by atoms with E-state index in [4.69, 9.17) is 0 Å². The first kappa shape index (κ1) is 17.7. The molecule has 7 heteroatoms. The van der Waals surface area contributed by atoms with Crippen LogP contribution in [0.25, 0.3) is 11.4 Å². The summed E-state index contributed by atoms with van der Waals surface area (Å²) < 4.78 is 1.72. The predicted molar refractivity (Wildman–Crippen MR) is 107 cm³/mol. The van der Waals surface area contributed by atoms with Crippen LogP contribution >= 0.6 is 11.8 Å². The van der Waals surface area contributed by atoms with Crippen LogP contribution in [0.4, 0.5) is 0 Å². The first-order valence-electron chi connectivity index (χ1n) is 8.96. The van der Waals surface area contributed by atoms with Crippen molar-refractivity contribution in [3.8, 4) is 0 Å². The molecule has 0 radical (unpaired) electrons. The molecule has 1 amide bonds. The SMILES string of the molecule is Cc1cc(C)n2nc(SCC(=O)N3CC=C(c4ccccc4)CC3)nc2n1. The van der Waals surface area contributed by atoms with E-state index in [2.05, 4.69) is 33.3 Å². The molecule has 0 saturated carbocycles. The van der Waals surface area contributed by atoms with Crippen LogP contribution in [0.3, 0.4) is 0 Å². The molecule has 0 bridgehead atoms. The van der Waals surface area contributed by atoms with Gasteiger partial charge in [-0.2, -0.15) is 4.98 Å². The van der Waals surface area contributed by atoms with Crippen LogP contribution in [0.15, 0.2) is 47.6 Å². The minimum Gasteiger partial charge on any atom is -0.338 e. The average molecular weight is 379 g/mol. The fourth-order valence-corrected chi connectivity index (χ4v) is 3.96. The predicted octanol–water partition coefficient (Wildman–Crippen LogP) is 3.15. The Morgan fingerprint density at radius 3 is 2.74 bits per heavy atom. The van der Waals surface area contributed by atoms with Crippen LogP contribution in [-0.2, 0) is 4.79 Å². The van der Waals surface area contributed by atoms with E-state index < -0.39 is 0 Å². The standard InChI is InChI=1S/C20H21N5OS/c1-14-12-15(2)25-19(21-14)22-20(23-25)27-13-18(26)24-10-8-17(9-11-24)16-6-4-3-5-7-16/h3-8,12H,9-11,13H2,1-2H3. The molecule has 0 spiro atoms. The van der Waals surface area contributed by atoms with Gasteiger partial charge < -0.3 is 4.90 Å². The summed E-state index contributed by atoms with van der Waals surface area (Å²) in [6.07, 6.45) is 3.04. The van der Waals surface area contributed by atoms with Gasteiger partial charge in [-0.3, -0.25) is 4.79 Å². The van der Waals surface area contributed by atoms with Gasteiger partial charge >= 0.3 is 0 Å². The largest absolute Gasteiger partial charge is 0.338 e. The maximum absolute atomic E-state index is 12.5. The van der Waals surface area contributed by atoms with Gasteiger partial charge in [-0.05, 0) is 37.5 Å². The highest BCUT2D eigenvalue weighted by atomic mass is 32.2. The number of thioether (sulfide) groups is 1. The Hall–Kier alpha value is -2.67. The molecule has 1 aliphatic rings. The van der Waals surface area contributed by atoms with Gasteiger partial charge in [-0.1, -0.05) is 48.2 Å². The number of hydrogen-bond donors (Lipinski definition) is 0. The van der Waals surface area contributed by atoms with Crippen molar-refractivity contribution in [2.24, 2.45) is 0 Å². The number of hydrogen-bond acceptors (Lipinski definition) is 5. The van der Waals surface area contributed by atoms with Crippen molar-refractivity contribution in [3.63, 3.8) is 0 Å². The number of aromatic nitrogens is 4. The Labute approximate surface area is 162 Å². The molecule has 0 atom stereocenters. The van der Waals surface area contributed by atoms with Gasteiger partial charge in [0.05, 0.1) is 5.75 Å². The molecule has 0 fully saturated rings. The Kier molecular flexibility index (Phi) is 4.94. The number of rotatable bonds is 4. The van der Waals surface area contributed by atoms with Gasteiger partial charge in [0.1, 0.15) is 0 Å². The number of carbonyl (C=O) groups is 1. The van der Waals surface area contributed by atoms with E-state index in [1.807, 2.05) is 43.0 Å². The second-order valence-electron chi connectivity index (χ2n) is 6.62. The Morgan fingerprint density at radius 2 is 2.00 bits per heavy atom. The molecular formula is C20H21N5OS. The molecule has 0 saturated heterocycles. The third-order valence-electron chi connectivity index (χ3n) is 4.63. The molecule has 3 aromatic rings. The summed E-state index contributed by atoms with van der Waals surface area (Å²) in [5.74, 6) is 1.03. The maximum atomic E-state index is 12.5. The highest BCUT2D eigenvalue weighted by molar-refractivity contribution is 7.99. The van der Waals surface area contributed by atoms with Crippen LogP contribution in [0, 0.1) is 13.8 Å². The lowest BCUT2D eigenvalue weighted by atomic mass is 10.00. The van der Waals surface area contributed by atoms with E-state index in [1.165, 1.54) is 22.9 Å². The fourth-order valence-electron chi connectivity index (χ4n) is 3.24. The quantitative estimate of drug-likeness (QED) is 0.652. The van der Waals surface area contributed by atoms with E-state index >= 15 is 0 Å². The summed E-state index contributed by atoms with van der Waals surface area (Å²) in [6.45, 7) is 5.31. The monoisotopic (exact) mass is 379 g/mol. The molecule has 1 aliphatic heterocycles. The van der Waals surface area contributed by atoms with E-state index in [-0.39, 0.29) is 5.91 Å². The van der Waals surface area contributed by atoms with Crippen LogP contribution in [0.2, 0.25) is 0 Å². The van der Waals surface area contributed by atoms with Crippen molar-refractivity contribution in [2.45, 2.75) is 25.4 Å². The van der Waals surface area contributed by atoms with E-state index in [9.17, 15) is 4.79 Å². The molecule has 0 unspecified atom stereocenters. The summed E-state index contributed by atoms with van der Waals surface area (Å²) in [7, 11) is 0. The summed E-state index contributed by atoms with van der Waals surface area (Å²) in [6, 6.07) is 12.3. The second kappa shape index (κ2) is 7.52. The van der Waals surface area contributed by atoms with Crippen LogP contribution in [-0.4, -0.2) is 49.2 Å². The van der Waals surface area contributed by atoms with Gasteiger partial charge in [0.2, 0.25) is 11.1 Å². The van der Waals surface area contributed by atoms with Gasteiger partial charge in [-0.15, -0.1) is 5.10 Å². The molecule has 2 aromatic heterocycles. The average Bonchev–Trinajstić information content (AvgIpc) is 3.10. The van der Waals surface area contributed by atoms with Gasteiger partial charge in [0, 0.05) is 24.5 Å². The second-order valence-corrected chi connectivity index (χ2v) is 7.56. The first-order valence-corrected chi connectivity index (χ1v) is 9.95. The van der Waals surface area contributed by atoms with E-state index in [1.54, 1.807) is 4.52 Å². The smallest absolute Gasteiger partial charge is 0.253 e. The number of nitrogens with zero attached hydrogens (tertiary/aromatic N) is 5. The number of benzene rings is 1. The van der Waals surface area contributed by atoms with Crippen molar-refractivity contribution in [1.29, 1.82) is 0 Å². The fraction of sp³-hybridized carbons (Fsp3) is 0.300. The Morgan fingerprint density at radius 1 is 1.19 bits per heavy atom. The minimum atomic E-state index is 0.114. The van der Waals surface area contributed by atoms with E-state index in [0.29, 0.717) is 23.2 Å². The van der Waals surface area contributed by atoms with Gasteiger partial charge in [0.15, 0.2) is 0 Å². The van der Waals surface area contributed by atoms with E-state index in [0.717, 1.165) is 24.4 Å². The third-order valence-corrected chi connectivity index (χ3v) is 5.45. The first-order chi connectivity index (χ1) is 13.1. The van der Waals surface area contributed by atoms with Crippen LogP contribution < -0.4 is 0 Å². The number of carbonyl (C=O) groups excluding carboxylic acids is 1. The zero-order valence-electron chi connectivity index (χ0n) is 15.4. The van der Waals surface area contributed by atoms with Crippen LogP contribution in [0.1, 0.15) is 23.4 Å². The molecule has 0 aliphatic carbocycles. The minimum absolute atomic E-state index is 0.114. The number of amides is 1. The highest BCUT2D eigenvalue weighted by Crippen LogP contribution is 2.23. The zero-order chi connectivity index (χ0) is 18.8. The summed E-state index contributed by atoms with van der Waals surface area (Å²) in [5, 5.41) is 5.03. The lowest BCUT2D eigenvalue weighted by Crippen LogP contribution is -2.35. The Balaban J connectivity index is 1.38. The molecule has 27 heavy (non-hydrogen) atoms. The molecule has 0 N–H and O–H groups in total. The lowest BCUT2D eigenvalue weighted by Gasteiger charge is -2.26. The summed E-state index contributed by atoms with van der Waals surface area (Å²) >= 11 is 1.36. The number of aryl methyl sites for hydroxylation is 2. The maximum Gasteiger partial charge on any atom is 0.253 e. The number of fused-ring (bicyclic) bond motifs is 1. The molecule has 4 rings (SSSR count). The molecule has 6 nitrogen and oxygen atoms in total. The van der Waals surface area contributed by atoms with Crippen molar-refractivity contribution < 1.29 is 4.79 Å². The third kappa shape index (κ3) is 3.88. The molecule has 3 heterocycles. The van der Waals surface area contributed by atoms with Crippen molar-refractivity contribution in [2.75, 3.05) is 18.8 Å². The zero-order valence-corrected chi connectivity index (χ0v) is 16.2. The van der Waals surface area contributed by atoms with Crippen LogP contribution in [0.5, 0.6) is 0 Å². The van der Waals surface area contributed by atoms with Crippen molar-refractivity contribution in [3.05, 3.63) is 59.4 Å². The molecule has 138 valence electrons. The Bertz CT molecular complexity index is 1010. The normalized spacial score (nSPS) is 14.4. The summed E-state index contributed by atoms with van der Waals surface area (Å²) in [4.78, 5) is 23.2. The van der Waals surface area contributed by atoms with Crippen molar-refractivity contribution in [1.82, 2.24) is 24.5 Å². The summed E-state index contributed by atoms with van der Waals surface area (Å²) in [5.41, 5.74) is 4.45. The highest BCUT2D eigenvalue weighted by Gasteiger charge is 2.19. The van der Waals surface area contributed by atoms with Gasteiger partial charge in [-0.25, -0.2) is 9.50 Å².